The van der Waals surface area contributed by atoms with E-state index in [0.29, 0.717) is 11.7 Å². The van der Waals surface area contributed by atoms with E-state index in [2.05, 4.69) is 15.5 Å². The van der Waals surface area contributed by atoms with Crippen LogP contribution in [0.2, 0.25) is 0 Å². The molecular formula is C18H20N4O2S. The van der Waals surface area contributed by atoms with Crippen LogP contribution >= 0.6 is 11.3 Å². The number of carbonyl (C=O) groups is 1. The van der Waals surface area contributed by atoms with Crippen molar-refractivity contribution in [3.63, 3.8) is 0 Å². The smallest absolute Gasteiger partial charge is 0.268 e. The second kappa shape index (κ2) is 7.58. The van der Waals surface area contributed by atoms with Gasteiger partial charge in [0, 0.05) is 0 Å². The zero-order valence-corrected chi connectivity index (χ0v) is 15.2. The van der Waals surface area contributed by atoms with Gasteiger partial charge in [-0.15, -0.1) is 11.3 Å². The average Bonchev–Trinajstić information content (AvgIpc) is 3.26. The molecule has 0 aliphatic carbocycles. The molecule has 1 N–H and O–H groups in total. The first kappa shape index (κ1) is 17.3. The summed E-state index contributed by atoms with van der Waals surface area (Å²) < 4.78 is 5.23. The minimum atomic E-state index is -0.371. The van der Waals surface area contributed by atoms with Crippen LogP contribution in [0.3, 0.4) is 0 Å². The summed E-state index contributed by atoms with van der Waals surface area (Å²) in [6, 6.07) is 11.4. The van der Waals surface area contributed by atoms with Gasteiger partial charge >= 0.3 is 0 Å². The summed E-state index contributed by atoms with van der Waals surface area (Å²) in [4.78, 5) is 19.8. The molecule has 7 heteroatoms. The van der Waals surface area contributed by atoms with Crippen LogP contribution in [0.1, 0.15) is 23.0 Å². The summed E-state index contributed by atoms with van der Waals surface area (Å²) >= 11 is 1.53. The summed E-state index contributed by atoms with van der Waals surface area (Å²) in [5.41, 5.74) is 2.11. The Labute approximate surface area is 150 Å². The van der Waals surface area contributed by atoms with Crippen LogP contribution in [-0.4, -0.2) is 35.0 Å². The second-order valence-corrected chi connectivity index (χ2v) is 6.94. The number of hydrogen-bond acceptors (Lipinski definition) is 6. The summed E-state index contributed by atoms with van der Waals surface area (Å²) in [6.45, 7) is 2.25. The molecule has 0 unspecified atom stereocenters. The summed E-state index contributed by atoms with van der Waals surface area (Å²) in [5, 5.41) is 8.76. The molecule has 0 saturated heterocycles. The Bertz CT molecular complexity index is 825. The van der Waals surface area contributed by atoms with Crippen LogP contribution in [0.25, 0.3) is 10.8 Å². The third-order valence-corrected chi connectivity index (χ3v) is 4.64. The van der Waals surface area contributed by atoms with Gasteiger partial charge in [0.1, 0.15) is 6.04 Å². The molecule has 3 aromatic rings. The van der Waals surface area contributed by atoms with Gasteiger partial charge in [-0.05, 0) is 38.0 Å². The Morgan fingerprint density at radius 2 is 2.04 bits per heavy atom. The number of aromatic nitrogens is 2. The fourth-order valence-electron chi connectivity index (χ4n) is 2.52. The van der Waals surface area contributed by atoms with Crippen LogP contribution in [-0.2, 0) is 11.3 Å². The summed E-state index contributed by atoms with van der Waals surface area (Å²) in [6.07, 6.45) is 0. The molecule has 0 spiro atoms. The fourth-order valence-corrected chi connectivity index (χ4v) is 3.17. The highest BCUT2D eigenvalue weighted by molar-refractivity contribution is 7.13. The third-order valence-electron chi connectivity index (χ3n) is 3.78. The Hall–Kier alpha value is -2.51. The topological polar surface area (TPSA) is 71.3 Å². The van der Waals surface area contributed by atoms with Crippen molar-refractivity contribution in [2.24, 2.45) is 0 Å². The summed E-state index contributed by atoms with van der Waals surface area (Å²) in [5.74, 6) is 0.830. The molecule has 2 heterocycles. The van der Waals surface area contributed by atoms with Crippen molar-refractivity contribution >= 4 is 17.2 Å². The Morgan fingerprint density at radius 1 is 1.28 bits per heavy atom. The van der Waals surface area contributed by atoms with Crippen molar-refractivity contribution in [1.29, 1.82) is 0 Å². The molecule has 0 aliphatic heterocycles. The van der Waals surface area contributed by atoms with Gasteiger partial charge in [-0.25, -0.2) is 0 Å². The SMILES string of the molecule is Cc1ccc([C@H](C(=O)NCc2noc(-c3cccs3)n2)N(C)C)cc1. The normalized spacial score (nSPS) is 12.3. The third kappa shape index (κ3) is 4.12. The molecule has 1 aromatic carbocycles. The van der Waals surface area contributed by atoms with Crippen LogP contribution in [0.4, 0.5) is 0 Å². The number of benzene rings is 1. The first-order valence-electron chi connectivity index (χ1n) is 7.92. The van der Waals surface area contributed by atoms with Crippen molar-refractivity contribution in [1.82, 2.24) is 20.4 Å². The van der Waals surface area contributed by atoms with Gasteiger partial charge in [-0.3, -0.25) is 9.69 Å². The molecule has 0 aliphatic rings. The molecule has 0 fully saturated rings. The van der Waals surface area contributed by atoms with Crippen molar-refractivity contribution < 1.29 is 9.32 Å². The minimum absolute atomic E-state index is 0.101. The molecule has 1 atom stereocenters. The van der Waals surface area contributed by atoms with Crippen LogP contribution in [0, 0.1) is 6.92 Å². The Kier molecular flexibility index (Phi) is 5.25. The molecule has 25 heavy (non-hydrogen) atoms. The zero-order valence-electron chi connectivity index (χ0n) is 14.4. The van der Waals surface area contributed by atoms with Crippen LogP contribution < -0.4 is 5.32 Å². The monoisotopic (exact) mass is 356 g/mol. The quantitative estimate of drug-likeness (QED) is 0.735. The van der Waals surface area contributed by atoms with E-state index in [1.54, 1.807) is 0 Å². The number of thiophene rings is 1. The first-order chi connectivity index (χ1) is 12.0. The van der Waals surface area contributed by atoms with Gasteiger partial charge in [0.25, 0.3) is 5.89 Å². The Morgan fingerprint density at radius 3 is 2.68 bits per heavy atom. The summed E-state index contributed by atoms with van der Waals surface area (Å²) in [7, 11) is 3.76. The van der Waals surface area contributed by atoms with E-state index < -0.39 is 0 Å². The molecule has 0 radical (unpaired) electrons. The fraction of sp³-hybridized carbons (Fsp3) is 0.278. The second-order valence-electron chi connectivity index (χ2n) is 5.99. The van der Waals surface area contributed by atoms with E-state index >= 15 is 0 Å². The van der Waals surface area contributed by atoms with Gasteiger partial charge in [0.05, 0.1) is 11.4 Å². The van der Waals surface area contributed by atoms with Gasteiger partial charge in [-0.2, -0.15) is 4.98 Å². The lowest BCUT2D eigenvalue weighted by Gasteiger charge is -2.23. The number of rotatable bonds is 6. The van der Waals surface area contributed by atoms with E-state index in [-0.39, 0.29) is 18.5 Å². The van der Waals surface area contributed by atoms with Gasteiger partial charge in [-0.1, -0.05) is 41.1 Å². The van der Waals surface area contributed by atoms with Crippen LogP contribution in [0.15, 0.2) is 46.3 Å². The number of amides is 1. The first-order valence-corrected chi connectivity index (χ1v) is 8.79. The van der Waals surface area contributed by atoms with Crippen molar-refractivity contribution in [2.75, 3.05) is 14.1 Å². The van der Waals surface area contributed by atoms with E-state index in [1.807, 2.05) is 67.7 Å². The highest BCUT2D eigenvalue weighted by Crippen LogP contribution is 2.22. The average molecular weight is 356 g/mol. The lowest BCUT2D eigenvalue weighted by molar-refractivity contribution is -0.126. The Balaban J connectivity index is 1.67. The standard InChI is InChI=1S/C18H20N4O2S/c1-12-6-8-13(9-7-12)16(22(2)3)17(23)19-11-15-20-18(24-21-15)14-5-4-10-25-14/h4-10,16H,11H2,1-3H3,(H,19,23)/t16-/m1/s1. The number of likely N-dealkylation sites (N-methyl/N-ethyl adjacent to an activating group) is 1. The molecule has 6 nitrogen and oxygen atoms in total. The highest BCUT2D eigenvalue weighted by Gasteiger charge is 2.23. The number of nitrogens with zero attached hydrogens (tertiary/aromatic N) is 3. The van der Waals surface area contributed by atoms with Crippen molar-refractivity contribution in [3.8, 4) is 10.8 Å². The molecule has 1 amide bonds. The van der Waals surface area contributed by atoms with Gasteiger partial charge < -0.3 is 9.84 Å². The minimum Gasteiger partial charge on any atom is -0.347 e. The maximum atomic E-state index is 12.6. The van der Waals surface area contributed by atoms with E-state index in [9.17, 15) is 4.79 Å². The zero-order chi connectivity index (χ0) is 17.8. The number of hydrogen-bond donors (Lipinski definition) is 1. The van der Waals surface area contributed by atoms with E-state index in [0.717, 1.165) is 16.0 Å². The molecule has 3 rings (SSSR count). The largest absolute Gasteiger partial charge is 0.347 e. The maximum Gasteiger partial charge on any atom is 0.268 e. The number of aryl methyl sites for hydroxylation is 1. The van der Waals surface area contributed by atoms with Crippen molar-refractivity contribution in [2.45, 2.75) is 19.5 Å². The molecular weight excluding hydrogens is 336 g/mol. The predicted molar refractivity (Wildman–Crippen MR) is 97.1 cm³/mol. The maximum absolute atomic E-state index is 12.6. The molecule has 0 bridgehead atoms. The highest BCUT2D eigenvalue weighted by atomic mass is 32.1. The molecule has 0 saturated carbocycles. The van der Waals surface area contributed by atoms with E-state index in [1.165, 1.54) is 11.3 Å². The van der Waals surface area contributed by atoms with Gasteiger partial charge in [0.15, 0.2) is 5.82 Å². The molecule has 130 valence electrons. The van der Waals surface area contributed by atoms with Crippen LogP contribution in [0.5, 0.6) is 0 Å². The molecule has 2 aromatic heterocycles. The predicted octanol–water partition coefficient (Wildman–Crippen LogP) is 3.03. The lowest BCUT2D eigenvalue weighted by Crippen LogP contribution is -2.36. The van der Waals surface area contributed by atoms with Crippen molar-refractivity contribution in [3.05, 3.63) is 58.7 Å². The van der Waals surface area contributed by atoms with Gasteiger partial charge in [0.2, 0.25) is 5.91 Å². The number of carbonyl (C=O) groups excluding carboxylic acids is 1. The number of nitrogens with one attached hydrogen (secondary N) is 1. The lowest BCUT2D eigenvalue weighted by atomic mass is 10.0. The van der Waals surface area contributed by atoms with E-state index in [4.69, 9.17) is 4.52 Å².